The van der Waals surface area contributed by atoms with Crippen LogP contribution < -0.4 is 13.0 Å². The Balaban J connectivity index is 1.57. The molecule has 0 unspecified atom stereocenters. The molecule has 0 saturated heterocycles. The van der Waals surface area contributed by atoms with Crippen LogP contribution in [0.4, 0.5) is 0 Å². The van der Waals surface area contributed by atoms with Crippen molar-refractivity contribution in [2.24, 2.45) is 0 Å². The van der Waals surface area contributed by atoms with E-state index in [-0.39, 0.29) is 13.2 Å². The zero-order valence-corrected chi connectivity index (χ0v) is 20.1. The quantitative estimate of drug-likeness (QED) is 0.364. The molecule has 3 aromatic rings. The van der Waals surface area contributed by atoms with Gasteiger partial charge < -0.3 is 0 Å². The van der Waals surface area contributed by atoms with Crippen molar-refractivity contribution in [3.63, 3.8) is 0 Å². The first-order valence-corrected chi connectivity index (χ1v) is 13.1. The molecule has 0 aliphatic carbocycles. The molecular weight excluding hydrogens is 553 g/mol. The van der Waals surface area contributed by atoms with Crippen molar-refractivity contribution in [2.45, 2.75) is 0 Å². The van der Waals surface area contributed by atoms with E-state index in [4.69, 9.17) is 38.7 Å². The molecule has 0 radical (unpaired) electrons. The molecule has 0 spiro atoms. The first kappa shape index (κ1) is 23.3. The minimum absolute atomic E-state index is 0.325. The topological polar surface area (TPSA) is 71.1 Å². The summed E-state index contributed by atoms with van der Waals surface area (Å²) in [4.78, 5) is 24.6. The zero-order chi connectivity index (χ0) is 22.1. The predicted molar refractivity (Wildman–Crippen MR) is 118 cm³/mol. The summed E-state index contributed by atoms with van der Waals surface area (Å²) in [6.45, 7) is -0.651. The standard InChI is InChI=1S/2C8H7ClO3.C6H5.Sb/c2*9-6-1-3-7(4-2-6)12-5-8(10)11;1-2-4-6-5-3-1;/h2*1-4H,5H2,(H,10,11);1-5H;/q;;;+2/p-2. The van der Waals surface area contributed by atoms with E-state index in [0.29, 0.717) is 25.1 Å². The second kappa shape index (κ2) is 11.8. The van der Waals surface area contributed by atoms with E-state index >= 15 is 0 Å². The van der Waals surface area contributed by atoms with Gasteiger partial charge in [-0.3, -0.25) is 0 Å². The zero-order valence-electron chi connectivity index (χ0n) is 16.1. The monoisotopic (exact) mass is 568 g/mol. The molecule has 0 N–H and O–H groups in total. The van der Waals surface area contributed by atoms with Crippen molar-refractivity contribution in [1.29, 1.82) is 0 Å². The molecule has 0 bridgehead atoms. The van der Waals surface area contributed by atoms with E-state index in [0.717, 1.165) is 0 Å². The number of hydrogen-bond acceptors (Lipinski definition) is 6. The molecule has 0 aliphatic rings. The third kappa shape index (κ3) is 7.98. The average Bonchev–Trinajstić information content (AvgIpc) is 2.78. The summed E-state index contributed by atoms with van der Waals surface area (Å²) in [6.07, 6.45) is 0. The Kier molecular flexibility index (Phi) is 8.89. The van der Waals surface area contributed by atoms with Gasteiger partial charge in [-0.25, -0.2) is 0 Å². The summed E-state index contributed by atoms with van der Waals surface area (Å²) < 4.78 is 22.5. The molecule has 3 aromatic carbocycles. The Morgan fingerprint density at radius 1 is 0.645 bits per heavy atom. The number of rotatable bonds is 9. The Labute approximate surface area is 197 Å². The van der Waals surface area contributed by atoms with Crippen molar-refractivity contribution in [2.75, 3.05) is 13.2 Å². The van der Waals surface area contributed by atoms with E-state index < -0.39 is 33.0 Å². The van der Waals surface area contributed by atoms with Gasteiger partial charge in [0.15, 0.2) is 0 Å². The number of hydrogen-bond donors (Lipinski definition) is 0. The fourth-order valence-corrected chi connectivity index (χ4v) is 5.76. The molecular formula is C22H17Cl2O6Sb. The van der Waals surface area contributed by atoms with Crippen LogP contribution in [0.15, 0.2) is 78.9 Å². The van der Waals surface area contributed by atoms with Crippen LogP contribution in [-0.2, 0) is 15.6 Å². The van der Waals surface area contributed by atoms with Crippen molar-refractivity contribution in [3.05, 3.63) is 88.9 Å². The van der Waals surface area contributed by atoms with Crippen molar-refractivity contribution in [1.82, 2.24) is 0 Å². The summed E-state index contributed by atoms with van der Waals surface area (Å²) in [7, 11) is 0. The van der Waals surface area contributed by atoms with Gasteiger partial charge in [-0.05, 0) is 0 Å². The van der Waals surface area contributed by atoms with Crippen LogP contribution in [0.5, 0.6) is 11.5 Å². The van der Waals surface area contributed by atoms with Gasteiger partial charge in [0.25, 0.3) is 0 Å². The summed E-state index contributed by atoms with van der Waals surface area (Å²) in [5.41, 5.74) is 0. The molecule has 160 valence electrons. The Bertz CT molecular complexity index is 933. The van der Waals surface area contributed by atoms with Crippen LogP contribution in [0.2, 0.25) is 10.0 Å². The van der Waals surface area contributed by atoms with E-state index in [1.54, 1.807) is 72.8 Å². The third-order valence-electron chi connectivity index (χ3n) is 3.68. The van der Waals surface area contributed by atoms with Crippen LogP contribution in [0, 0.1) is 0 Å². The molecule has 0 saturated carbocycles. The van der Waals surface area contributed by atoms with Gasteiger partial charge in [0, 0.05) is 0 Å². The van der Waals surface area contributed by atoms with E-state index in [9.17, 15) is 9.59 Å². The molecule has 0 fully saturated rings. The molecule has 0 heterocycles. The average molecular weight is 570 g/mol. The van der Waals surface area contributed by atoms with Crippen molar-refractivity contribution in [3.8, 4) is 11.5 Å². The summed E-state index contributed by atoms with van der Waals surface area (Å²) >= 11 is 8.26. The summed E-state index contributed by atoms with van der Waals surface area (Å²) in [5.74, 6) is -0.322. The maximum absolute atomic E-state index is 12.3. The van der Waals surface area contributed by atoms with Crippen LogP contribution in [0.3, 0.4) is 0 Å². The molecule has 9 heteroatoms. The molecule has 6 nitrogen and oxygen atoms in total. The van der Waals surface area contributed by atoms with Crippen LogP contribution in [0.1, 0.15) is 0 Å². The van der Waals surface area contributed by atoms with E-state index in [2.05, 4.69) is 0 Å². The number of ether oxygens (including phenoxy) is 2. The number of carbonyl (C=O) groups excluding carboxylic acids is 2. The Hall–Kier alpha value is -2.40. The molecule has 0 atom stereocenters. The van der Waals surface area contributed by atoms with Gasteiger partial charge in [0.1, 0.15) is 0 Å². The first-order chi connectivity index (χ1) is 15.0. The number of halogens is 2. The number of carbonyl (C=O) groups is 2. The number of benzene rings is 3. The summed E-state index contributed by atoms with van der Waals surface area (Å²) in [5, 5.41) is 1.11. The third-order valence-corrected chi connectivity index (χ3v) is 8.34. The van der Waals surface area contributed by atoms with Crippen molar-refractivity contribution >= 4 is 59.7 Å². The van der Waals surface area contributed by atoms with Gasteiger partial charge in [0.05, 0.1) is 0 Å². The second-order valence-electron chi connectivity index (χ2n) is 6.00. The molecule has 0 aromatic heterocycles. The maximum atomic E-state index is 12.3. The van der Waals surface area contributed by atoms with Gasteiger partial charge in [-0.15, -0.1) is 0 Å². The second-order valence-corrected chi connectivity index (χ2v) is 10.9. The van der Waals surface area contributed by atoms with E-state index in [1.165, 1.54) is 0 Å². The fourth-order valence-electron chi connectivity index (χ4n) is 2.26. The van der Waals surface area contributed by atoms with Gasteiger partial charge in [-0.1, -0.05) is 0 Å². The Morgan fingerprint density at radius 2 is 1.06 bits per heavy atom. The Morgan fingerprint density at radius 3 is 1.48 bits per heavy atom. The molecule has 31 heavy (non-hydrogen) atoms. The SMILES string of the molecule is O=C(COc1ccc(Cl)cc1)[O][Sb]([O]C(=O)COc1ccc(Cl)cc1)[c]1ccccc1. The fraction of sp³-hybridized carbons (Fsp3) is 0.0909. The summed E-state index contributed by atoms with van der Waals surface area (Å²) in [6, 6.07) is 22.0. The van der Waals surface area contributed by atoms with Gasteiger partial charge in [0.2, 0.25) is 0 Å². The van der Waals surface area contributed by atoms with E-state index in [1.807, 2.05) is 6.07 Å². The van der Waals surface area contributed by atoms with Crippen LogP contribution >= 0.6 is 23.2 Å². The minimum atomic E-state index is -3.40. The molecule has 3 rings (SSSR count). The predicted octanol–water partition coefficient (Wildman–Crippen LogP) is 3.93. The van der Waals surface area contributed by atoms with Gasteiger partial charge >= 0.3 is 198 Å². The molecule has 0 amide bonds. The first-order valence-electron chi connectivity index (χ1n) is 9.03. The normalized spacial score (nSPS) is 10.4. The molecule has 0 aliphatic heterocycles. The van der Waals surface area contributed by atoms with Crippen molar-refractivity contribution < 1.29 is 25.1 Å². The van der Waals surface area contributed by atoms with Crippen LogP contribution in [0.25, 0.3) is 0 Å². The van der Waals surface area contributed by atoms with Crippen LogP contribution in [-0.4, -0.2) is 46.2 Å². The van der Waals surface area contributed by atoms with Gasteiger partial charge in [-0.2, -0.15) is 0 Å².